The maximum Gasteiger partial charge on any atom is 0.144 e. The predicted octanol–water partition coefficient (Wildman–Crippen LogP) is 2.54. The van der Waals surface area contributed by atoms with Crippen molar-refractivity contribution in [2.24, 2.45) is 13.0 Å². The molecule has 2 aromatic rings. The summed E-state index contributed by atoms with van der Waals surface area (Å²) in [6.45, 7) is 5.91. The second kappa shape index (κ2) is 6.25. The summed E-state index contributed by atoms with van der Waals surface area (Å²) in [4.78, 5) is 4.61. The summed E-state index contributed by atoms with van der Waals surface area (Å²) >= 11 is 0. The Morgan fingerprint density at radius 3 is 2.58 bits per heavy atom. The molecule has 0 spiro atoms. The highest BCUT2D eigenvalue weighted by molar-refractivity contribution is 5.59. The highest BCUT2D eigenvalue weighted by Gasteiger charge is 2.36. The molecule has 3 rings (SSSR count). The average Bonchev–Trinajstić information content (AvgIpc) is 2.94. The summed E-state index contributed by atoms with van der Waals surface area (Å²) in [5.41, 5.74) is 4.58. The number of rotatable bonds is 4. The van der Waals surface area contributed by atoms with Crippen LogP contribution in [0.5, 0.6) is 0 Å². The van der Waals surface area contributed by atoms with Gasteiger partial charge in [0, 0.05) is 24.5 Å². The lowest BCUT2D eigenvalue weighted by Crippen LogP contribution is -2.36. The molecule has 0 unspecified atom stereocenters. The van der Waals surface area contributed by atoms with Crippen molar-refractivity contribution in [1.29, 1.82) is 5.26 Å². The van der Waals surface area contributed by atoms with E-state index in [9.17, 15) is 10.4 Å². The molecule has 0 bridgehead atoms. The Morgan fingerprint density at radius 2 is 2.04 bits per heavy atom. The Labute approximate surface area is 142 Å². The average molecular weight is 325 g/mol. The molecule has 24 heavy (non-hydrogen) atoms. The number of anilines is 1. The third-order valence-electron chi connectivity index (χ3n) is 5.11. The minimum absolute atomic E-state index is 0.0109. The monoisotopic (exact) mass is 325 g/mol. The van der Waals surface area contributed by atoms with Gasteiger partial charge in [0.05, 0.1) is 23.9 Å². The van der Waals surface area contributed by atoms with Crippen molar-refractivity contribution in [3.8, 4) is 6.07 Å². The van der Waals surface area contributed by atoms with E-state index in [0.717, 1.165) is 35.2 Å². The van der Waals surface area contributed by atoms with Crippen LogP contribution in [0.25, 0.3) is 0 Å². The smallest absolute Gasteiger partial charge is 0.144 e. The first-order chi connectivity index (χ1) is 11.4. The van der Waals surface area contributed by atoms with Gasteiger partial charge < -0.3 is 10.4 Å². The summed E-state index contributed by atoms with van der Waals surface area (Å²) in [5, 5.41) is 27.0. The number of nitrogens with one attached hydrogen (secondary N) is 1. The van der Waals surface area contributed by atoms with E-state index < -0.39 is 0 Å². The normalized spacial score (nSPS) is 21.0. The number of pyridine rings is 1. The lowest BCUT2D eigenvalue weighted by Gasteiger charge is -2.38. The maximum atomic E-state index is 9.69. The topological polar surface area (TPSA) is 86.8 Å². The number of hydrogen-bond acceptors (Lipinski definition) is 5. The fourth-order valence-corrected chi connectivity index (χ4v) is 3.31. The molecule has 1 saturated carbocycles. The van der Waals surface area contributed by atoms with Gasteiger partial charge in [-0.25, -0.2) is 4.98 Å². The van der Waals surface area contributed by atoms with Crippen LogP contribution in [0.2, 0.25) is 0 Å². The van der Waals surface area contributed by atoms with Crippen molar-refractivity contribution < 1.29 is 5.11 Å². The van der Waals surface area contributed by atoms with Crippen molar-refractivity contribution >= 4 is 5.82 Å². The molecular formula is C18H23N5O. The molecule has 0 amide bonds. The van der Waals surface area contributed by atoms with Gasteiger partial charge in [-0.15, -0.1) is 0 Å². The van der Waals surface area contributed by atoms with Crippen molar-refractivity contribution in [2.75, 3.05) is 5.32 Å². The first-order valence-electron chi connectivity index (χ1n) is 8.21. The van der Waals surface area contributed by atoms with Crippen LogP contribution >= 0.6 is 0 Å². The largest absolute Gasteiger partial charge is 0.393 e. The lowest BCUT2D eigenvalue weighted by molar-refractivity contribution is 0.0339. The number of hydrogen-bond donors (Lipinski definition) is 2. The van der Waals surface area contributed by atoms with Crippen molar-refractivity contribution in [3.63, 3.8) is 0 Å². The third kappa shape index (κ3) is 2.87. The second-order valence-corrected chi connectivity index (χ2v) is 6.74. The Kier molecular flexibility index (Phi) is 4.29. The minimum atomic E-state index is -0.235. The van der Waals surface area contributed by atoms with Crippen LogP contribution in [0.3, 0.4) is 0 Å². The minimum Gasteiger partial charge on any atom is -0.393 e. The summed E-state index contributed by atoms with van der Waals surface area (Å²) in [5.74, 6) is 0.924. The molecule has 6 nitrogen and oxygen atoms in total. The number of nitriles is 1. The molecular weight excluding hydrogens is 302 g/mol. The Morgan fingerprint density at radius 1 is 1.33 bits per heavy atom. The van der Waals surface area contributed by atoms with Gasteiger partial charge in [0.1, 0.15) is 11.9 Å². The summed E-state index contributed by atoms with van der Waals surface area (Å²) in [7, 11) is 1.88. The quantitative estimate of drug-likeness (QED) is 0.902. The zero-order chi connectivity index (χ0) is 17.4. The predicted molar refractivity (Wildman–Crippen MR) is 91.5 cm³/mol. The van der Waals surface area contributed by atoms with Crippen LogP contribution in [-0.4, -0.2) is 26.0 Å². The van der Waals surface area contributed by atoms with Gasteiger partial charge in [-0.2, -0.15) is 10.4 Å². The molecule has 1 fully saturated rings. The number of aryl methyl sites for hydroxylation is 2. The molecule has 1 aliphatic rings. The van der Waals surface area contributed by atoms with Crippen LogP contribution in [0.4, 0.5) is 5.82 Å². The van der Waals surface area contributed by atoms with Gasteiger partial charge in [0.15, 0.2) is 0 Å². The zero-order valence-electron chi connectivity index (χ0n) is 14.5. The van der Waals surface area contributed by atoms with E-state index in [1.54, 1.807) is 4.68 Å². The maximum absolute atomic E-state index is 9.69. The zero-order valence-corrected chi connectivity index (χ0v) is 14.5. The first-order valence-corrected chi connectivity index (χ1v) is 8.21. The van der Waals surface area contributed by atoms with E-state index in [-0.39, 0.29) is 12.1 Å². The standard InChI is InChI=1S/C18H23N5O/c1-10-11(2)16(7-19)18(21-12(10)3)22-17(13-5-15(24)6-13)14-8-20-23(4)9-14/h8-9,13,15,17,24H,5-6H2,1-4H3,(H,21,22)/t13?,15?,17-/m0/s1. The molecule has 0 saturated heterocycles. The van der Waals surface area contributed by atoms with Crippen molar-refractivity contribution in [1.82, 2.24) is 14.8 Å². The van der Waals surface area contributed by atoms with Crippen LogP contribution < -0.4 is 5.32 Å². The van der Waals surface area contributed by atoms with Crippen LogP contribution in [-0.2, 0) is 7.05 Å². The molecule has 126 valence electrons. The van der Waals surface area contributed by atoms with Gasteiger partial charge in [-0.05, 0) is 50.7 Å². The Hall–Kier alpha value is -2.39. The fraction of sp³-hybridized carbons (Fsp3) is 0.500. The highest BCUT2D eigenvalue weighted by atomic mass is 16.3. The van der Waals surface area contributed by atoms with Crippen molar-refractivity contribution in [2.45, 2.75) is 45.8 Å². The molecule has 1 atom stereocenters. The molecule has 0 aromatic carbocycles. The SMILES string of the molecule is Cc1nc(N[C@H](c2cnn(C)c2)C2CC(O)C2)c(C#N)c(C)c1C. The van der Waals surface area contributed by atoms with Crippen molar-refractivity contribution in [3.05, 3.63) is 40.3 Å². The lowest BCUT2D eigenvalue weighted by atomic mass is 9.75. The van der Waals surface area contributed by atoms with Gasteiger partial charge in [-0.1, -0.05) is 0 Å². The second-order valence-electron chi connectivity index (χ2n) is 6.74. The molecule has 2 heterocycles. The van der Waals surface area contributed by atoms with Crippen LogP contribution in [0.15, 0.2) is 12.4 Å². The molecule has 6 heteroatoms. The Bertz CT molecular complexity index is 798. The van der Waals surface area contributed by atoms with E-state index in [0.29, 0.717) is 17.3 Å². The third-order valence-corrected chi connectivity index (χ3v) is 5.11. The summed E-state index contributed by atoms with van der Waals surface area (Å²) in [6, 6.07) is 2.27. The Balaban J connectivity index is 1.98. The summed E-state index contributed by atoms with van der Waals surface area (Å²) < 4.78 is 1.77. The molecule has 2 aromatic heterocycles. The number of nitrogens with zero attached hydrogens (tertiary/aromatic N) is 4. The molecule has 0 aliphatic heterocycles. The first kappa shape index (κ1) is 16.5. The number of aliphatic hydroxyl groups excluding tert-OH is 1. The van der Waals surface area contributed by atoms with E-state index in [1.165, 1.54) is 0 Å². The number of aromatic nitrogens is 3. The van der Waals surface area contributed by atoms with Gasteiger partial charge >= 0.3 is 0 Å². The molecule has 1 aliphatic carbocycles. The van der Waals surface area contributed by atoms with Gasteiger partial charge in [0.2, 0.25) is 0 Å². The van der Waals surface area contributed by atoms with E-state index in [2.05, 4.69) is 21.5 Å². The summed E-state index contributed by atoms with van der Waals surface area (Å²) in [6.07, 6.45) is 5.07. The van der Waals surface area contributed by atoms with Gasteiger partial charge in [0.25, 0.3) is 0 Å². The van der Waals surface area contributed by atoms with E-state index in [4.69, 9.17) is 0 Å². The van der Waals surface area contributed by atoms with Crippen LogP contribution in [0.1, 0.15) is 46.8 Å². The molecule has 0 radical (unpaired) electrons. The van der Waals surface area contributed by atoms with Gasteiger partial charge in [-0.3, -0.25) is 4.68 Å². The van der Waals surface area contributed by atoms with E-state index >= 15 is 0 Å². The van der Waals surface area contributed by atoms with E-state index in [1.807, 2.05) is 40.2 Å². The fourth-order valence-electron chi connectivity index (χ4n) is 3.31. The molecule has 2 N–H and O–H groups in total. The number of aliphatic hydroxyl groups is 1. The highest BCUT2D eigenvalue weighted by Crippen LogP contribution is 2.40. The van der Waals surface area contributed by atoms with Crippen LogP contribution in [0, 0.1) is 38.0 Å².